The smallest absolute Gasteiger partial charge is 0.330 e. The van der Waals surface area contributed by atoms with Crippen LogP contribution < -0.4 is 4.74 Å². The largest absolute Gasteiger partial charge is 0.508 e. The van der Waals surface area contributed by atoms with Crippen molar-refractivity contribution in [1.29, 1.82) is 0 Å². The van der Waals surface area contributed by atoms with Gasteiger partial charge in [0.1, 0.15) is 36.4 Å². The average Bonchev–Trinajstić information content (AvgIpc) is 2.86. The van der Waals surface area contributed by atoms with Gasteiger partial charge in [-0.3, -0.25) is 4.79 Å². The highest BCUT2D eigenvalue weighted by Crippen LogP contribution is 2.27. The second-order valence-corrected chi connectivity index (χ2v) is 8.01. The maximum Gasteiger partial charge on any atom is 0.330 e. The Hall–Kier alpha value is -4.19. The Balaban J connectivity index is 1.67. The number of carbonyl (C=O) groups is 3. The first kappa shape index (κ1) is 27.4. The summed E-state index contributed by atoms with van der Waals surface area (Å²) in [7, 11) is 0. The summed E-state index contributed by atoms with van der Waals surface area (Å²) in [5.74, 6) is -2.27. The zero-order chi connectivity index (χ0) is 26.9. The first-order valence-electron chi connectivity index (χ1n) is 11.1. The number of aromatic hydroxyl groups is 1. The number of ether oxygens (including phenoxy) is 4. The number of phenolic OH excluding ortho intramolecular Hbond substituents is 1. The lowest BCUT2D eigenvalue weighted by atomic mass is 9.99. The Bertz CT molecular complexity index is 1140. The molecule has 196 valence electrons. The van der Waals surface area contributed by atoms with Crippen molar-refractivity contribution in [1.82, 2.24) is 0 Å². The lowest BCUT2D eigenvalue weighted by molar-refractivity contribution is -0.282. The van der Waals surface area contributed by atoms with Crippen molar-refractivity contribution in [3.63, 3.8) is 0 Å². The SMILES string of the molecule is CC(=O)O[C@H]1[C@H](Oc2ccc(C=CC(=O)O)cc2)O[C@H](COC(=O)C=Cc2ccc(O)cc2)[C@@H](O)[C@@H]1O. The lowest BCUT2D eigenvalue weighted by Crippen LogP contribution is -2.61. The number of carboxylic acids is 1. The summed E-state index contributed by atoms with van der Waals surface area (Å²) in [6.45, 7) is 0.677. The Morgan fingerprint density at radius 3 is 2.11 bits per heavy atom. The van der Waals surface area contributed by atoms with E-state index >= 15 is 0 Å². The predicted molar refractivity (Wildman–Crippen MR) is 128 cm³/mol. The molecule has 1 aliphatic heterocycles. The van der Waals surface area contributed by atoms with Crippen LogP contribution in [0.5, 0.6) is 11.5 Å². The van der Waals surface area contributed by atoms with Crippen molar-refractivity contribution in [3.05, 3.63) is 71.8 Å². The van der Waals surface area contributed by atoms with E-state index in [4.69, 9.17) is 24.1 Å². The van der Waals surface area contributed by atoms with Crippen LogP contribution in [-0.2, 0) is 28.6 Å². The summed E-state index contributed by atoms with van der Waals surface area (Å²) >= 11 is 0. The van der Waals surface area contributed by atoms with Gasteiger partial charge in [0.15, 0.2) is 6.10 Å². The van der Waals surface area contributed by atoms with Crippen LogP contribution in [0.2, 0.25) is 0 Å². The van der Waals surface area contributed by atoms with Crippen molar-refractivity contribution in [2.24, 2.45) is 0 Å². The molecule has 5 atom stereocenters. The van der Waals surface area contributed by atoms with Crippen molar-refractivity contribution in [2.45, 2.75) is 37.6 Å². The average molecular weight is 514 g/mol. The second-order valence-electron chi connectivity index (χ2n) is 8.01. The van der Waals surface area contributed by atoms with Crippen LogP contribution in [0.25, 0.3) is 12.2 Å². The van der Waals surface area contributed by atoms with E-state index < -0.39 is 55.2 Å². The van der Waals surface area contributed by atoms with E-state index in [1.807, 2.05) is 0 Å². The van der Waals surface area contributed by atoms with Crippen molar-refractivity contribution >= 4 is 30.1 Å². The maximum absolute atomic E-state index is 12.1. The highest BCUT2D eigenvalue weighted by atomic mass is 16.7. The van der Waals surface area contributed by atoms with Gasteiger partial charge in [0.05, 0.1) is 0 Å². The molecule has 0 unspecified atom stereocenters. The Morgan fingerprint density at radius 2 is 1.51 bits per heavy atom. The third-order valence-corrected chi connectivity index (χ3v) is 5.19. The zero-order valence-electron chi connectivity index (χ0n) is 19.7. The molecule has 2 aromatic rings. The Morgan fingerprint density at radius 1 is 0.919 bits per heavy atom. The number of rotatable bonds is 9. The molecule has 1 heterocycles. The van der Waals surface area contributed by atoms with Crippen LogP contribution in [0, 0.1) is 0 Å². The molecule has 1 aliphatic rings. The number of carbonyl (C=O) groups excluding carboxylic acids is 2. The summed E-state index contributed by atoms with van der Waals surface area (Å²) < 4.78 is 21.7. The quantitative estimate of drug-likeness (QED) is 0.283. The zero-order valence-corrected chi connectivity index (χ0v) is 19.7. The van der Waals surface area contributed by atoms with Crippen LogP contribution >= 0.6 is 0 Å². The van der Waals surface area contributed by atoms with E-state index in [9.17, 15) is 29.7 Å². The minimum absolute atomic E-state index is 0.0801. The summed E-state index contributed by atoms with van der Waals surface area (Å²) in [6.07, 6.45) is -2.18. The maximum atomic E-state index is 12.1. The topological polar surface area (TPSA) is 169 Å². The van der Waals surface area contributed by atoms with Gasteiger partial charge in [0.2, 0.25) is 6.29 Å². The number of aliphatic hydroxyl groups excluding tert-OH is 2. The third kappa shape index (κ3) is 8.17. The molecular formula is C26H26O11. The minimum Gasteiger partial charge on any atom is -0.508 e. The van der Waals surface area contributed by atoms with Gasteiger partial charge in [0.25, 0.3) is 0 Å². The molecule has 1 fully saturated rings. The number of hydrogen-bond acceptors (Lipinski definition) is 10. The summed E-state index contributed by atoms with van der Waals surface area (Å²) in [6, 6.07) is 12.3. The molecule has 11 heteroatoms. The molecule has 37 heavy (non-hydrogen) atoms. The van der Waals surface area contributed by atoms with Crippen LogP contribution in [0.1, 0.15) is 18.1 Å². The van der Waals surface area contributed by atoms with Crippen LogP contribution in [0.15, 0.2) is 60.7 Å². The fourth-order valence-electron chi connectivity index (χ4n) is 3.38. The number of benzene rings is 2. The molecule has 0 radical (unpaired) electrons. The molecule has 3 rings (SSSR count). The molecule has 4 N–H and O–H groups in total. The fourth-order valence-corrected chi connectivity index (χ4v) is 3.38. The summed E-state index contributed by atoms with van der Waals surface area (Å²) in [4.78, 5) is 34.4. The van der Waals surface area contributed by atoms with E-state index in [1.165, 1.54) is 36.4 Å². The van der Waals surface area contributed by atoms with Crippen molar-refractivity contribution in [3.8, 4) is 11.5 Å². The van der Waals surface area contributed by atoms with Gasteiger partial charge >= 0.3 is 17.9 Å². The van der Waals surface area contributed by atoms with Gasteiger partial charge in [-0.2, -0.15) is 0 Å². The molecule has 11 nitrogen and oxygen atoms in total. The number of hydrogen-bond donors (Lipinski definition) is 4. The van der Waals surface area contributed by atoms with Gasteiger partial charge in [-0.25, -0.2) is 9.59 Å². The first-order valence-corrected chi connectivity index (χ1v) is 11.1. The van der Waals surface area contributed by atoms with Crippen molar-refractivity contribution in [2.75, 3.05) is 6.61 Å². The molecular weight excluding hydrogens is 488 g/mol. The van der Waals surface area contributed by atoms with Crippen LogP contribution in [0.4, 0.5) is 0 Å². The molecule has 0 spiro atoms. The fraction of sp³-hybridized carbons (Fsp3) is 0.269. The van der Waals surface area contributed by atoms with Gasteiger partial charge < -0.3 is 39.4 Å². The molecule has 0 aliphatic carbocycles. The van der Waals surface area contributed by atoms with E-state index in [0.29, 0.717) is 11.1 Å². The Labute approximate surface area is 211 Å². The van der Waals surface area contributed by atoms with Crippen LogP contribution in [-0.4, -0.2) is 75.6 Å². The summed E-state index contributed by atoms with van der Waals surface area (Å²) in [5.41, 5.74) is 1.22. The van der Waals surface area contributed by atoms with E-state index in [2.05, 4.69) is 0 Å². The Kier molecular flexibility index (Phi) is 9.39. The lowest BCUT2D eigenvalue weighted by Gasteiger charge is -2.41. The predicted octanol–water partition coefficient (Wildman–Crippen LogP) is 1.50. The molecule has 0 amide bonds. The monoisotopic (exact) mass is 514 g/mol. The van der Waals surface area contributed by atoms with Gasteiger partial charge in [-0.15, -0.1) is 0 Å². The first-order chi connectivity index (χ1) is 17.6. The van der Waals surface area contributed by atoms with Gasteiger partial charge in [-0.05, 0) is 47.5 Å². The third-order valence-electron chi connectivity index (χ3n) is 5.19. The van der Waals surface area contributed by atoms with Gasteiger partial charge in [0, 0.05) is 19.1 Å². The standard InChI is InChI=1S/C26H26O11/c1-15(27)35-25-24(33)23(32)20(14-34-22(31)13-7-16-2-8-18(28)9-3-16)37-26(25)36-19-10-4-17(5-11-19)6-12-21(29)30/h2-13,20,23-26,28,32-33H,14H2,1H3,(H,29,30)/t20-,23-,24+,25-,26-/m1/s1. The van der Waals surface area contributed by atoms with Crippen molar-refractivity contribution < 1.29 is 53.8 Å². The van der Waals surface area contributed by atoms with E-state index in [1.54, 1.807) is 24.3 Å². The molecule has 2 aromatic carbocycles. The number of carboxylic acid groups (broad SMARTS) is 1. The second kappa shape index (κ2) is 12.7. The normalized spacial score (nSPS) is 23.6. The minimum atomic E-state index is -1.61. The summed E-state index contributed by atoms with van der Waals surface area (Å²) in [5, 5.41) is 39.1. The number of aliphatic carboxylic acids is 1. The number of aliphatic hydroxyl groups is 2. The van der Waals surface area contributed by atoms with E-state index in [-0.39, 0.29) is 11.5 Å². The number of phenols is 1. The molecule has 0 aromatic heterocycles. The highest BCUT2D eigenvalue weighted by molar-refractivity contribution is 5.87. The number of esters is 2. The highest BCUT2D eigenvalue weighted by Gasteiger charge is 2.48. The van der Waals surface area contributed by atoms with E-state index in [0.717, 1.165) is 19.1 Å². The molecule has 0 saturated carbocycles. The van der Waals surface area contributed by atoms with Gasteiger partial charge in [-0.1, -0.05) is 24.3 Å². The van der Waals surface area contributed by atoms with Crippen LogP contribution in [0.3, 0.4) is 0 Å². The molecule has 1 saturated heterocycles. The molecule has 0 bridgehead atoms.